The zero-order valence-electron chi connectivity index (χ0n) is 84.3. The Morgan fingerprint density at radius 1 is 0.450 bits per heavy atom. The van der Waals surface area contributed by atoms with E-state index in [0.29, 0.717) is 128 Å². The quantitative estimate of drug-likeness (QED) is 0.0382. The molecule has 14 aromatic rings. The van der Waals surface area contributed by atoms with Gasteiger partial charge in [0.15, 0.2) is 35.2 Å². The maximum absolute atomic E-state index is 12.8. The minimum Gasteiger partial charge on any atom is -0.497 e. The molecule has 0 saturated heterocycles. The Hall–Kier alpha value is -18.1. The van der Waals surface area contributed by atoms with Crippen molar-refractivity contribution in [1.29, 1.82) is 5.26 Å². The molecule has 9 amide bonds. The molecule has 31 heteroatoms. The van der Waals surface area contributed by atoms with Crippen LogP contribution >= 0.6 is 0 Å². The van der Waals surface area contributed by atoms with Crippen molar-refractivity contribution < 1.29 is 85.5 Å². The molecule has 8 heterocycles. The van der Waals surface area contributed by atoms with Crippen LogP contribution in [-0.2, 0) is 42.2 Å². The van der Waals surface area contributed by atoms with Gasteiger partial charge in [-0.2, -0.15) is 10.4 Å². The van der Waals surface area contributed by atoms with E-state index in [1.165, 1.54) is 52.5 Å². The van der Waals surface area contributed by atoms with E-state index >= 15 is 0 Å². The summed E-state index contributed by atoms with van der Waals surface area (Å²) in [5.41, 5.74) is 18.9. The van der Waals surface area contributed by atoms with E-state index in [4.69, 9.17) is 52.7 Å². The number of aromatic nitrogens is 3. The zero-order chi connectivity index (χ0) is 105. The molecule has 2 aromatic heterocycles. The Labute approximate surface area is 862 Å². The van der Waals surface area contributed by atoms with Crippen molar-refractivity contribution in [2.75, 3.05) is 62.1 Å². The molecule has 12 aromatic carbocycles. The number of fused-ring (bicyclic) bond motifs is 7. The number of nitriles is 1. The van der Waals surface area contributed by atoms with Crippen molar-refractivity contribution in [3.05, 3.63) is 324 Å². The number of para-hydroxylation sites is 5. The third-order valence-electron chi connectivity index (χ3n) is 24.8. The first-order chi connectivity index (χ1) is 71.9. The first-order valence-corrected chi connectivity index (χ1v) is 49.1. The molecule has 6 atom stereocenters. The predicted octanol–water partition coefficient (Wildman–Crippen LogP) is 22.9. The van der Waals surface area contributed by atoms with Gasteiger partial charge in [-0.05, 0) is 247 Å². The predicted molar refractivity (Wildman–Crippen MR) is 575 cm³/mol. The maximum atomic E-state index is 12.8. The Morgan fingerprint density at radius 3 is 1.38 bits per heavy atom. The Morgan fingerprint density at radius 2 is 0.886 bits per heavy atom. The van der Waals surface area contributed by atoms with Gasteiger partial charge in [-0.1, -0.05) is 129 Å². The van der Waals surface area contributed by atoms with E-state index in [2.05, 4.69) is 90.6 Å². The van der Waals surface area contributed by atoms with Gasteiger partial charge in [0.05, 0.1) is 127 Å². The molecule has 1 aliphatic carbocycles. The van der Waals surface area contributed by atoms with Crippen LogP contribution in [0.5, 0.6) is 46.0 Å². The minimum atomic E-state index is -0.347. The van der Waals surface area contributed by atoms with Crippen molar-refractivity contribution in [3.8, 4) is 74.5 Å². The summed E-state index contributed by atoms with van der Waals surface area (Å²) < 4.78 is 52.6. The fourth-order valence-corrected chi connectivity index (χ4v) is 17.6. The van der Waals surface area contributed by atoms with Crippen molar-refractivity contribution in [3.63, 3.8) is 0 Å². The van der Waals surface area contributed by atoms with Crippen LogP contribution in [0.3, 0.4) is 0 Å². The van der Waals surface area contributed by atoms with Crippen LogP contribution in [0.15, 0.2) is 272 Å². The summed E-state index contributed by atoms with van der Waals surface area (Å²) in [7, 11) is 5.31. The van der Waals surface area contributed by atoms with Gasteiger partial charge in [0, 0.05) is 70.3 Å². The number of hydrogen-bond donors (Lipinski definition) is 9. The van der Waals surface area contributed by atoms with Gasteiger partial charge in [0.25, 0.3) is 17.7 Å². The fraction of sp³-hybridized carbons (Fsp3) is 0.237. The number of oxazole rings is 1. The first-order valence-electron chi connectivity index (χ1n) is 49.1. The van der Waals surface area contributed by atoms with Gasteiger partial charge in [-0.25, -0.2) is 4.98 Å². The molecule has 149 heavy (non-hydrogen) atoms. The summed E-state index contributed by atoms with van der Waals surface area (Å²) in [5, 5.41) is 40.5. The number of methoxy groups -OCH3 is 2. The molecule has 1 saturated carbocycles. The number of aryl methyl sites for hydroxylation is 1. The van der Waals surface area contributed by atoms with E-state index in [1.807, 2.05) is 179 Å². The lowest BCUT2D eigenvalue weighted by atomic mass is 9.91. The summed E-state index contributed by atoms with van der Waals surface area (Å²) in [6.45, 7) is 19.4. The van der Waals surface area contributed by atoms with E-state index in [-0.39, 0.29) is 109 Å². The second-order valence-electron chi connectivity index (χ2n) is 37.3. The number of amides is 9. The summed E-state index contributed by atoms with van der Waals surface area (Å²) in [6.07, 6.45) is 11.1. The highest BCUT2D eigenvalue weighted by Crippen LogP contribution is 2.46. The fourth-order valence-electron chi connectivity index (χ4n) is 17.6. The van der Waals surface area contributed by atoms with Crippen LogP contribution in [-0.4, -0.2) is 119 Å². The largest absolute Gasteiger partial charge is 0.497 e. The number of carbonyl (C=O) groups is 9. The molecule has 0 unspecified atom stereocenters. The van der Waals surface area contributed by atoms with Gasteiger partial charge >= 0.3 is 0 Å². The Bertz CT molecular complexity index is 7430. The number of rotatable bonds is 17. The smallest absolute Gasteiger partial charge is 0.259 e. The molecular weight excluding hydrogens is 1890 g/mol. The summed E-state index contributed by atoms with van der Waals surface area (Å²) in [5.74, 6) is 5.06. The second kappa shape index (κ2) is 47.6. The number of hydrogen-bond acceptors (Lipinski definition) is 21. The first kappa shape index (κ1) is 104. The van der Waals surface area contributed by atoms with Gasteiger partial charge in [0.2, 0.25) is 35.4 Å². The molecule has 6 aliphatic heterocycles. The molecule has 1 fully saturated rings. The number of nitrogens with zero attached hydrogens (tertiary/aromatic N) is 4. The molecule has 7 aliphatic rings. The molecule has 9 N–H and O–H groups in total. The Balaban J connectivity index is 0.000000128. The summed E-state index contributed by atoms with van der Waals surface area (Å²) >= 11 is 0. The highest BCUT2D eigenvalue weighted by atomic mass is 16.5. The average molecular weight is 2000 g/mol. The van der Waals surface area contributed by atoms with E-state index in [9.17, 15) is 43.2 Å². The van der Waals surface area contributed by atoms with E-state index < -0.39 is 0 Å². The standard InChI is InChI=1S/C22H23N3O.C20H17N3O4.C20H22N2O4.2C19H19NO3.C18H15N3O3/c1-13-10-17-16(4-3-5-19(17)23-21(26)11-13)15-8-9-20-18(12-15)22(14-6-7-14)24-25(20)2;1-12-8-18(24)23-16-7-3-6-15(19(16)27-12)20(25)22-14-5-2-4-13(9-14)17-10-21-11-26-17;1-12(2)25-15-7-4-6-14(11-15)21-20(24)16-8-5-9-17-19(16)26-13(3)10-18(23)22-17;1-12-11-18(21)20-17-6-4-5-16(19(17)23-12)13(2)14-7-9-15(22-3)10-8-14;1-13-12-18(21)20-17-5-3-4-15(19(17)23-13)9-6-14-7-10-16(22-2)11-8-14;1-11-9-16(22)21-15-4-2-3-14(17(15)24-11)18(23)20-13-7-5-12(10-19)6-8-13/h3-5,8-9,12-14H,6-7,10-11H2,1-2H3,(H,23,26);2-7,9-12H,8H2,1H3,(H,22,25)(H,23,24);4-9,11-13H,10H2,1-3H3,(H,21,24)(H,22,23);4-10,12H,2,11H2,1,3H3,(H,20,21);3-11,13H,12H2,1-2H3,(H,20,21);2-8,11H,9H2,1H3,(H,20,23)(H,21,22)/b;;;;9-6+;/t13-;12-;13-;12-;13-;11-/m000001/s1. The highest BCUT2D eigenvalue weighted by Gasteiger charge is 2.33. The number of ether oxygens (including phenoxy) is 8. The van der Waals surface area contributed by atoms with Crippen LogP contribution in [0.2, 0.25) is 0 Å². The minimum absolute atomic E-state index is 0.0208. The SMILES string of the molecule is C=C(c1ccc(OC)cc1)c1cccc2c1O[C@@H](C)CC(=O)N2.CC(C)Oc1cccc(NC(=O)c2cccc3c2O[C@@H](C)CC(=O)N3)c1.COc1ccc(/C=C/c2cccc3c2O[C@@H](C)CC(=O)N3)cc1.C[C@@H]1CC(=O)Nc2cccc(-c3ccc4c(c3)c(C3CC3)nn4C)c2C1.C[C@@H]1CC(=O)Nc2cccc(C(=O)Nc3ccc(C#N)cc3)c2O1.C[C@H]1CC(=O)Nc2cccc(C(=O)Nc3cccc(-c4cnco4)c3)c2O1. The van der Waals surface area contributed by atoms with Gasteiger partial charge in [-0.3, -0.25) is 47.8 Å². The molecule has 760 valence electrons. The third-order valence-corrected chi connectivity index (χ3v) is 24.8. The van der Waals surface area contributed by atoms with Crippen LogP contribution in [0.25, 0.3) is 51.1 Å². The van der Waals surface area contributed by atoms with Gasteiger partial charge in [0.1, 0.15) is 53.5 Å². The summed E-state index contributed by atoms with van der Waals surface area (Å²) in [6, 6.07) is 78.1. The van der Waals surface area contributed by atoms with Crippen molar-refractivity contribution >= 4 is 133 Å². The van der Waals surface area contributed by atoms with E-state index in [1.54, 1.807) is 144 Å². The van der Waals surface area contributed by atoms with Crippen molar-refractivity contribution in [1.82, 2.24) is 14.8 Å². The van der Waals surface area contributed by atoms with Gasteiger partial charge < -0.3 is 90.2 Å². The van der Waals surface area contributed by atoms with Crippen LogP contribution in [0.1, 0.15) is 183 Å². The van der Waals surface area contributed by atoms with Crippen LogP contribution in [0.4, 0.5) is 51.2 Å². The van der Waals surface area contributed by atoms with Crippen LogP contribution < -0.4 is 85.7 Å². The maximum Gasteiger partial charge on any atom is 0.259 e. The molecular formula is C118H115N13O18. The van der Waals surface area contributed by atoms with Crippen molar-refractivity contribution in [2.24, 2.45) is 13.0 Å². The molecule has 0 spiro atoms. The molecule has 0 radical (unpaired) electrons. The monoisotopic (exact) mass is 2000 g/mol. The number of nitrogens with one attached hydrogen (secondary N) is 9. The van der Waals surface area contributed by atoms with E-state index in [0.717, 1.165) is 68.4 Å². The topological polar surface area (TPSA) is 403 Å². The number of carbonyl (C=O) groups excluding carboxylic acids is 9. The lowest BCUT2D eigenvalue weighted by molar-refractivity contribution is -0.118. The molecule has 0 bridgehead atoms. The Kier molecular flexibility index (Phi) is 33.2. The average Bonchev–Trinajstić information content (AvgIpc) is 1.59. The van der Waals surface area contributed by atoms with Gasteiger partial charge in [-0.15, -0.1) is 0 Å². The number of benzene rings is 12. The third kappa shape index (κ3) is 26.7. The highest BCUT2D eigenvalue weighted by molar-refractivity contribution is 6.11. The second-order valence-corrected chi connectivity index (χ2v) is 37.3. The molecule has 31 nitrogen and oxygen atoms in total. The lowest BCUT2D eigenvalue weighted by Crippen LogP contribution is -2.18. The number of anilines is 9. The van der Waals surface area contributed by atoms with Crippen LogP contribution in [0, 0.1) is 17.2 Å². The zero-order valence-corrected chi connectivity index (χ0v) is 84.3. The molecule has 21 rings (SSSR count). The van der Waals surface area contributed by atoms with Crippen molar-refractivity contribution in [2.45, 2.75) is 156 Å². The summed E-state index contributed by atoms with van der Waals surface area (Å²) in [4.78, 5) is 113. The normalized spacial score (nSPS) is 17.0. The lowest BCUT2D eigenvalue weighted by Gasteiger charge is -2.17.